The summed E-state index contributed by atoms with van der Waals surface area (Å²) in [6, 6.07) is 7.02. The molecule has 0 heterocycles. The molecular formula is C11H10BrNO3. The van der Waals surface area contributed by atoms with Crippen LogP contribution in [0.15, 0.2) is 22.7 Å². The van der Waals surface area contributed by atoms with E-state index in [4.69, 9.17) is 10.4 Å². The molecule has 2 N–H and O–H groups in total. The third kappa shape index (κ3) is 3.05. The van der Waals surface area contributed by atoms with Gasteiger partial charge in [-0.05, 0) is 18.1 Å². The van der Waals surface area contributed by atoms with Gasteiger partial charge in [-0.15, -0.1) is 0 Å². The first-order chi connectivity index (χ1) is 7.56. The van der Waals surface area contributed by atoms with Crippen LogP contribution in [-0.2, 0) is 11.2 Å². The van der Waals surface area contributed by atoms with Crippen LogP contribution in [0, 0.1) is 11.3 Å². The number of aryl methyl sites for hydroxylation is 1. The SMILES string of the molecule is N#CCCc1ccc(C(O)C(=O)O)c(Br)c1. The van der Waals surface area contributed by atoms with Crippen LogP contribution in [0.1, 0.15) is 23.7 Å². The van der Waals surface area contributed by atoms with E-state index in [1.54, 1.807) is 18.2 Å². The van der Waals surface area contributed by atoms with E-state index in [2.05, 4.69) is 15.9 Å². The van der Waals surface area contributed by atoms with Crippen molar-refractivity contribution in [3.05, 3.63) is 33.8 Å². The Morgan fingerprint density at radius 3 is 2.75 bits per heavy atom. The third-order valence-electron chi connectivity index (χ3n) is 2.12. The Labute approximate surface area is 101 Å². The Balaban J connectivity index is 2.92. The van der Waals surface area contributed by atoms with Crippen molar-refractivity contribution in [2.75, 3.05) is 0 Å². The Bertz CT molecular complexity index is 439. The molecule has 0 fully saturated rings. The van der Waals surface area contributed by atoms with Gasteiger partial charge < -0.3 is 10.2 Å². The maximum absolute atomic E-state index is 10.6. The van der Waals surface area contributed by atoms with Crippen LogP contribution in [0.3, 0.4) is 0 Å². The zero-order valence-electron chi connectivity index (χ0n) is 8.35. The van der Waals surface area contributed by atoms with Crippen molar-refractivity contribution in [3.8, 4) is 6.07 Å². The average Bonchev–Trinajstić information content (AvgIpc) is 2.25. The number of carbonyl (C=O) groups is 1. The molecule has 0 spiro atoms. The maximum atomic E-state index is 10.6. The van der Waals surface area contributed by atoms with E-state index in [9.17, 15) is 9.90 Å². The molecule has 0 aliphatic rings. The van der Waals surface area contributed by atoms with Gasteiger partial charge in [0, 0.05) is 16.5 Å². The number of benzene rings is 1. The van der Waals surface area contributed by atoms with Gasteiger partial charge in [-0.2, -0.15) is 5.26 Å². The van der Waals surface area contributed by atoms with Crippen molar-refractivity contribution in [2.45, 2.75) is 18.9 Å². The van der Waals surface area contributed by atoms with Crippen LogP contribution in [-0.4, -0.2) is 16.2 Å². The van der Waals surface area contributed by atoms with Gasteiger partial charge >= 0.3 is 5.97 Å². The standard InChI is InChI=1S/C11H10BrNO3/c12-9-6-7(2-1-5-13)3-4-8(9)10(14)11(15)16/h3-4,6,10,14H,1-2H2,(H,15,16). The van der Waals surface area contributed by atoms with Gasteiger partial charge in [-0.25, -0.2) is 4.79 Å². The lowest BCUT2D eigenvalue weighted by Crippen LogP contribution is -2.11. The van der Waals surface area contributed by atoms with Crippen molar-refractivity contribution in [3.63, 3.8) is 0 Å². The van der Waals surface area contributed by atoms with Gasteiger partial charge in [0.25, 0.3) is 0 Å². The number of carboxylic acid groups (broad SMARTS) is 1. The smallest absolute Gasteiger partial charge is 0.337 e. The normalized spacial score (nSPS) is 11.8. The van der Waals surface area contributed by atoms with E-state index in [0.29, 0.717) is 22.9 Å². The Kier molecular flexibility index (Phi) is 4.47. The van der Waals surface area contributed by atoms with Gasteiger partial charge in [0.1, 0.15) is 0 Å². The summed E-state index contributed by atoms with van der Waals surface area (Å²) < 4.78 is 0.540. The van der Waals surface area contributed by atoms with Crippen molar-refractivity contribution >= 4 is 21.9 Å². The van der Waals surface area contributed by atoms with Crippen LogP contribution in [0.2, 0.25) is 0 Å². The summed E-state index contributed by atoms with van der Waals surface area (Å²) >= 11 is 3.20. The molecule has 16 heavy (non-hydrogen) atoms. The quantitative estimate of drug-likeness (QED) is 0.886. The number of hydrogen-bond donors (Lipinski definition) is 2. The highest BCUT2D eigenvalue weighted by Gasteiger charge is 2.18. The first-order valence-electron chi connectivity index (χ1n) is 4.62. The first kappa shape index (κ1) is 12.7. The molecule has 1 unspecified atom stereocenters. The van der Waals surface area contributed by atoms with Gasteiger partial charge in [0.15, 0.2) is 6.10 Å². The van der Waals surface area contributed by atoms with Crippen molar-refractivity contribution < 1.29 is 15.0 Å². The average molecular weight is 284 g/mol. The van der Waals surface area contributed by atoms with E-state index >= 15 is 0 Å². The number of nitrogens with zero attached hydrogens (tertiary/aromatic N) is 1. The molecule has 0 aliphatic carbocycles. The lowest BCUT2D eigenvalue weighted by atomic mass is 10.0. The minimum absolute atomic E-state index is 0.313. The number of nitriles is 1. The van der Waals surface area contributed by atoms with Crippen LogP contribution in [0.4, 0.5) is 0 Å². The highest BCUT2D eigenvalue weighted by Crippen LogP contribution is 2.25. The number of carboxylic acids is 1. The predicted molar refractivity (Wildman–Crippen MR) is 60.7 cm³/mol. The van der Waals surface area contributed by atoms with Crippen LogP contribution >= 0.6 is 15.9 Å². The van der Waals surface area contributed by atoms with E-state index in [1.807, 2.05) is 6.07 Å². The van der Waals surface area contributed by atoms with Crippen molar-refractivity contribution in [2.24, 2.45) is 0 Å². The molecule has 0 bridgehead atoms. The number of halogens is 1. The fraction of sp³-hybridized carbons (Fsp3) is 0.273. The Morgan fingerprint density at radius 1 is 1.56 bits per heavy atom. The van der Waals surface area contributed by atoms with Gasteiger partial charge in [-0.1, -0.05) is 28.1 Å². The minimum Gasteiger partial charge on any atom is -0.479 e. The highest BCUT2D eigenvalue weighted by molar-refractivity contribution is 9.10. The van der Waals surface area contributed by atoms with Crippen LogP contribution in [0.25, 0.3) is 0 Å². The second-order valence-electron chi connectivity index (χ2n) is 3.25. The summed E-state index contributed by atoms with van der Waals surface area (Å²) in [5.74, 6) is -1.29. The number of aliphatic hydroxyl groups excluding tert-OH is 1. The molecule has 5 heteroatoms. The number of aliphatic carboxylic acids is 1. The van der Waals surface area contributed by atoms with Crippen LogP contribution in [0.5, 0.6) is 0 Å². The number of rotatable bonds is 4. The molecule has 4 nitrogen and oxygen atoms in total. The lowest BCUT2D eigenvalue weighted by molar-refractivity contribution is -0.147. The predicted octanol–water partition coefficient (Wildman–Crippen LogP) is 2.02. The summed E-state index contributed by atoms with van der Waals surface area (Å²) in [5, 5.41) is 26.5. The fourth-order valence-corrected chi connectivity index (χ4v) is 1.92. The molecule has 0 saturated heterocycles. The maximum Gasteiger partial charge on any atom is 0.337 e. The number of hydrogen-bond acceptors (Lipinski definition) is 3. The molecule has 0 aliphatic heterocycles. The first-order valence-corrected chi connectivity index (χ1v) is 5.41. The fourth-order valence-electron chi connectivity index (χ4n) is 1.28. The van der Waals surface area contributed by atoms with Crippen LogP contribution < -0.4 is 0 Å². The molecule has 0 aromatic heterocycles. The van der Waals surface area contributed by atoms with E-state index in [1.165, 1.54) is 0 Å². The molecule has 0 saturated carbocycles. The summed E-state index contributed by atoms with van der Waals surface area (Å²) in [6.45, 7) is 0. The van der Waals surface area contributed by atoms with E-state index < -0.39 is 12.1 Å². The summed E-state index contributed by atoms with van der Waals surface area (Å²) in [7, 11) is 0. The summed E-state index contributed by atoms with van der Waals surface area (Å²) in [4.78, 5) is 10.6. The lowest BCUT2D eigenvalue weighted by Gasteiger charge is -2.09. The van der Waals surface area contributed by atoms with E-state index in [0.717, 1.165) is 5.56 Å². The minimum atomic E-state index is -1.53. The van der Waals surface area contributed by atoms with Gasteiger partial charge in [-0.3, -0.25) is 0 Å². The summed E-state index contributed by atoms with van der Waals surface area (Å²) in [6.07, 6.45) is -0.509. The largest absolute Gasteiger partial charge is 0.479 e. The van der Waals surface area contributed by atoms with Gasteiger partial charge in [0.05, 0.1) is 6.07 Å². The molecule has 1 atom stereocenters. The van der Waals surface area contributed by atoms with Crippen molar-refractivity contribution in [1.82, 2.24) is 0 Å². The number of aliphatic hydroxyl groups is 1. The summed E-state index contributed by atoms with van der Waals surface area (Å²) in [5.41, 5.74) is 1.24. The monoisotopic (exact) mass is 283 g/mol. The molecule has 84 valence electrons. The molecule has 0 amide bonds. The molecular weight excluding hydrogens is 274 g/mol. The van der Waals surface area contributed by atoms with Crippen molar-refractivity contribution in [1.29, 1.82) is 5.26 Å². The Hall–Kier alpha value is -1.38. The molecule has 0 radical (unpaired) electrons. The molecule has 1 aromatic rings. The third-order valence-corrected chi connectivity index (χ3v) is 2.81. The second-order valence-corrected chi connectivity index (χ2v) is 4.11. The highest BCUT2D eigenvalue weighted by atomic mass is 79.9. The Morgan fingerprint density at radius 2 is 2.25 bits per heavy atom. The topological polar surface area (TPSA) is 81.3 Å². The molecule has 1 rings (SSSR count). The zero-order valence-corrected chi connectivity index (χ0v) is 9.94. The zero-order chi connectivity index (χ0) is 12.1. The second kappa shape index (κ2) is 5.64. The molecule has 1 aromatic carbocycles. The van der Waals surface area contributed by atoms with E-state index in [-0.39, 0.29) is 0 Å². The van der Waals surface area contributed by atoms with Gasteiger partial charge in [0.2, 0.25) is 0 Å².